The Balaban J connectivity index is 4.17. The van der Waals surface area contributed by atoms with Gasteiger partial charge in [0, 0.05) is 13.0 Å². The molecule has 154 valence electrons. The van der Waals surface area contributed by atoms with E-state index in [-0.39, 0.29) is 19.0 Å². The molecule has 6 heteroatoms. The molecule has 0 saturated heterocycles. The van der Waals surface area contributed by atoms with Crippen LogP contribution in [0.3, 0.4) is 0 Å². The van der Waals surface area contributed by atoms with Gasteiger partial charge < -0.3 is 16.6 Å². The van der Waals surface area contributed by atoms with E-state index in [9.17, 15) is 14.7 Å². The first-order chi connectivity index (χ1) is 12.4. The minimum atomic E-state index is -0.928. The number of hydrogen-bond donors (Lipinski definition) is 3. The van der Waals surface area contributed by atoms with E-state index in [0.29, 0.717) is 13.0 Å². The number of carbonyl (C=O) groups is 2. The zero-order chi connectivity index (χ0) is 19.8. The molecular formula is C20H41N3O3. The minimum Gasteiger partial charge on any atom is -0.480 e. The molecule has 5 N–H and O–H groups in total. The van der Waals surface area contributed by atoms with Gasteiger partial charge in [0.05, 0.1) is 6.17 Å². The van der Waals surface area contributed by atoms with Crippen LogP contribution in [0.25, 0.3) is 0 Å². The third kappa shape index (κ3) is 12.3. The van der Waals surface area contributed by atoms with Crippen LogP contribution in [0.2, 0.25) is 0 Å². The predicted molar refractivity (Wildman–Crippen MR) is 107 cm³/mol. The molecule has 0 aliphatic heterocycles. The lowest BCUT2D eigenvalue weighted by atomic mass is 10.0. The van der Waals surface area contributed by atoms with Crippen molar-refractivity contribution in [3.8, 4) is 0 Å². The summed E-state index contributed by atoms with van der Waals surface area (Å²) in [5, 5.41) is 9.51. The van der Waals surface area contributed by atoms with Crippen LogP contribution in [-0.2, 0) is 9.59 Å². The molecule has 6 nitrogen and oxygen atoms in total. The van der Waals surface area contributed by atoms with E-state index in [2.05, 4.69) is 6.92 Å². The number of rotatable bonds is 18. The highest BCUT2D eigenvalue weighted by Crippen LogP contribution is 2.15. The van der Waals surface area contributed by atoms with Crippen molar-refractivity contribution >= 4 is 11.9 Å². The van der Waals surface area contributed by atoms with Gasteiger partial charge in [-0.2, -0.15) is 0 Å². The summed E-state index contributed by atoms with van der Waals surface area (Å²) in [4.78, 5) is 24.4. The monoisotopic (exact) mass is 371 g/mol. The maximum atomic E-state index is 11.6. The second-order valence-corrected chi connectivity index (χ2v) is 7.25. The van der Waals surface area contributed by atoms with Gasteiger partial charge in [-0.1, -0.05) is 71.6 Å². The number of unbranched alkanes of at least 4 members (excludes halogenated alkanes) is 9. The highest BCUT2D eigenvalue weighted by molar-refractivity contribution is 5.77. The predicted octanol–water partition coefficient (Wildman–Crippen LogP) is 3.62. The van der Waals surface area contributed by atoms with Gasteiger partial charge in [-0.15, -0.1) is 0 Å². The largest absolute Gasteiger partial charge is 0.480 e. The number of carbonyl (C=O) groups excluding carboxylic acids is 1. The SMILES string of the molecule is CCCCCCCCCCCCN(C(N)CC)[C@@H](CCC(N)=O)C(=O)O. The summed E-state index contributed by atoms with van der Waals surface area (Å²) < 4.78 is 0. The van der Waals surface area contributed by atoms with Crippen molar-refractivity contribution in [3.63, 3.8) is 0 Å². The fraction of sp³-hybridized carbons (Fsp3) is 0.900. The van der Waals surface area contributed by atoms with Gasteiger partial charge in [0.1, 0.15) is 6.04 Å². The first kappa shape index (κ1) is 24.9. The molecule has 0 spiro atoms. The normalized spacial score (nSPS) is 13.7. The van der Waals surface area contributed by atoms with Crippen molar-refractivity contribution in [1.29, 1.82) is 0 Å². The molecule has 0 radical (unpaired) electrons. The van der Waals surface area contributed by atoms with E-state index in [0.717, 1.165) is 12.8 Å². The van der Waals surface area contributed by atoms with Crippen molar-refractivity contribution in [2.24, 2.45) is 11.5 Å². The smallest absolute Gasteiger partial charge is 0.320 e. The van der Waals surface area contributed by atoms with E-state index in [1.165, 1.54) is 51.4 Å². The Morgan fingerprint density at radius 2 is 1.42 bits per heavy atom. The molecule has 0 bridgehead atoms. The number of aliphatic carboxylic acids is 1. The topological polar surface area (TPSA) is 110 Å². The molecule has 0 rings (SSSR count). The molecule has 1 unspecified atom stereocenters. The molecule has 2 atom stereocenters. The highest BCUT2D eigenvalue weighted by Gasteiger charge is 2.28. The summed E-state index contributed by atoms with van der Waals surface area (Å²) in [6, 6.07) is -0.740. The Morgan fingerprint density at radius 1 is 0.923 bits per heavy atom. The Kier molecular flexibility index (Phi) is 15.4. The van der Waals surface area contributed by atoms with Crippen LogP contribution in [-0.4, -0.2) is 40.6 Å². The van der Waals surface area contributed by atoms with Crippen LogP contribution in [0, 0.1) is 0 Å². The van der Waals surface area contributed by atoms with Gasteiger partial charge >= 0.3 is 5.97 Å². The maximum Gasteiger partial charge on any atom is 0.320 e. The van der Waals surface area contributed by atoms with Gasteiger partial charge in [0.15, 0.2) is 0 Å². The first-order valence-corrected chi connectivity index (χ1v) is 10.5. The maximum absolute atomic E-state index is 11.6. The zero-order valence-electron chi connectivity index (χ0n) is 16.9. The summed E-state index contributed by atoms with van der Waals surface area (Å²) in [5.74, 6) is -1.40. The molecule has 0 aromatic heterocycles. The fourth-order valence-corrected chi connectivity index (χ4v) is 3.28. The van der Waals surface area contributed by atoms with Crippen molar-refractivity contribution < 1.29 is 14.7 Å². The van der Waals surface area contributed by atoms with Crippen LogP contribution in [0.1, 0.15) is 97.3 Å². The third-order valence-corrected chi connectivity index (χ3v) is 4.96. The fourth-order valence-electron chi connectivity index (χ4n) is 3.28. The average Bonchev–Trinajstić information content (AvgIpc) is 2.60. The van der Waals surface area contributed by atoms with Crippen LogP contribution >= 0.6 is 0 Å². The molecule has 0 saturated carbocycles. The molecular weight excluding hydrogens is 330 g/mol. The number of nitrogens with two attached hydrogens (primary N) is 2. The van der Waals surface area contributed by atoms with Gasteiger partial charge in [-0.3, -0.25) is 14.5 Å². The van der Waals surface area contributed by atoms with Crippen molar-refractivity contribution in [2.45, 2.75) is 110 Å². The van der Waals surface area contributed by atoms with Gasteiger partial charge in [0.25, 0.3) is 0 Å². The van der Waals surface area contributed by atoms with Crippen LogP contribution in [0.5, 0.6) is 0 Å². The van der Waals surface area contributed by atoms with Gasteiger partial charge in [-0.05, 0) is 19.3 Å². The Labute approximate surface area is 159 Å². The molecule has 0 aliphatic rings. The molecule has 0 aromatic rings. The van der Waals surface area contributed by atoms with Crippen molar-refractivity contribution in [3.05, 3.63) is 0 Å². The van der Waals surface area contributed by atoms with Gasteiger partial charge in [-0.25, -0.2) is 0 Å². The second-order valence-electron chi connectivity index (χ2n) is 7.25. The van der Waals surface area contributed by atoms with Crippen molar-refractivity contribution in [1.82, 2.24) is 4.90 Å². The number of primary amides is 1. The molecule has 0 fully saturated rings. The van der Waals surface area contributed by atoms with Crippen LogP contribution in [0.4, 0.5) is 0 Å². The number of carboxylic acid groups (broad SMARTS) is 1. The van der Waals surface area contributed by atoms with E-state index in [1.807, 2.05) is 11.8 Å². The average molecular weight is 372 g/mol. The Morgan fingerprint density at radius 3 is 1.85 bits per heavy atom. The minimum absolute atomic E-state index is 0.0714. The second kappa shape index (κ2) is 16.1. The van der Waals surface area contributed by atoms with Crippen LogP contribution in [0.15, 0.2) is 0 Å². The lowest BCUT2D eigenvalue weighted by molar-refractivity contribution is -0.145. The first-order valence-electron chi connectivity index (χ1n) is 10.5. The number of amides is 1. The molecule has 26 heavy (non-hydrogen) atoms. The molecule has 0 heterocycles. The van der Waals surface area contributed by atoms with E-state index < -0.39 is 17.9 Å². The van der Waals surface area contributed by atoms with E-state index >= 15 is 0 Å². The highest BCUT2D eigenvalue weighted by atomic mass is 16.4. The van der Waals surface area contributed by atoms with Gasteiger partial charge in [0.2, 0.25) is 5.91 Å². The standard InChI is InChI=1S/C20H41N3O3/c1-3-5-6-7-8-9-10-11-12-13-16-23(18(21)4-2)17(20(25)26)14-15-19(22)24/h17-18H,3-16,21H2,1-2H3,(H2,22,24)(H,25,26)/t17-,18?/m0/s1. The van der Waals surface area contributed by atoms with E-state index in [4.69, 9.17) is 11.5 Å². The summed E-state index contributed by atoms with van der Waals surface area (Å²) in [7, 11) is 0. The zero-order valence-corrected chi connectivity index (χ0v) is 16.9. The molecule has 0 aromatic carbocycles. The Bertz CT molecular complexity index is 377. The lowest BCUT2D eigenvalue weighted by Gasteiger charge is -2.33. The number of nitrogens with zero attached hydrogens (tertiary/aromatic N) is 1. The number of carboxylic acids is 1. The molecule has 0 aliphatic carbocycles. The van der Waals surface area contributed by atoms with Crippen molar-refractivity contribution in [2.75, 3.05) is 6.54 Å². The quantitative estimate of drug-likeness (QED) is 0.252. The van der Waals surface area contributed by atoms with Crippen LogP contribution < -0.4 is 11.5 Å². The lowest BCUT2D eigenvalue weighted by Crippen LogP contribution is -2.51. The number of hydrogen-bond acceptors (Lipinski definition) is 4. The van der Waals surface area contributed by atoms with E-state index in [1.54, 1.807) is 0 Å². The third-order valence-electron chi connectivity index (χ3n) is 4.96. The molecule has 1 amide bonds. The summed E-state index contributed by atoms with van der Waals surface area (Å²) >= 11 is 0. The summed E-state index contributed by atoms with van der Waals surface area (Å²) in [5.41, 5.74) is 11.3. The summed E-state index contributed by atoms with van der Waals surface area (Å²) in [6.45, 7) is 4.83. The Hall–Kier alpha value is -1.14. The summed E-state index contributed by atoms with van der Waals surface area (Å²) in [6.07, 6.45) is 13.0.